The Morgan fingerprint density at radius 3 is 2.71 bits per heavy atom. The average molecular weight is 396 g/mol. The molecule has 1 N–H and O–H groups in total. The summed E-state index contributed by atoms with van der Waals surface area (Å²) < 4.78 is 1.42. The first-order valence-corrected chi connectivity index (χ1v) is 10.0. The summed E-state index contributed by atoms with van der Waals surface area (Å²) in [5.41, 5.74) is 1.77. The molecule has 0 saturated carbocycles. The highest BCUT2D eigenvalue weighted by Crippen LogP contribution is 2.30. The molecule has 1 fully saturated rings. The molecule has 1 aliphatic rings. The molecular weight excluding hydrogens is 376 g/mol. The van der Waals surface area contributed by atoms with Gasteiger partial charge in [0, 0.05) is 36.1 Å². The lowest BCUT2D eigenvalue weighted by atomic mass is 9.98. The molecule has 3 aromatic rings. The predicted molar refractivity (Wildman–Crippen MR) is 105 cm³/mol. The summed E-state index contributed by atoms with van der Waals surface area (Å²) in [4.78, 5) is 31.1. The van der Waals surface area contributed by atoms with E-state index in [0.29, 0.717) is 18.8 Å². The Kier molecular flexibility index (Phi) is 4.95. The highest BCUT2D eigenvalue weighted by atomic mass is 32.1. The van der Waals surface area contributed by atoms with Crippen LogP contribution >= 0.6 is 11.3 Å². The van der Waals surface area contributed by atoms with Crippen molar-refractivity contribution in [2.24, 2.45) is 0 Å². The minimum atomic E-state index is -1.15. The number of para-hydroxylation sites is 1. The number of piperidine rings is 1. The lowest BCUT2D eigenvalue weighted by Crippen LogP contribution is -2.40. The van der Waals surface area contributed by atoms with Crippen LogP contribution in [0.3, 0.4) is 0 Å². The number of carboxylic acid groups (broad SMARTS) is 1. The number of carbonyl (C=O) groups is 2. The maximum absolute atomic E-state index is 13.3. The van der Waals surface area contributed by atoms with Gasteiger partial charge >= 0.3 is 5.97 Å². The Hall–Kier alpha value is -3.00. The summed E-state index contributed by atoms with van der Waals surface area (Å²) in [5, 5.41) is 16.6. The quantitative estimate of drug-likeness (QED) is 0.731. The van der Waals surface area contributed by atoms with Crippen LogP contribution in [0.25, 0.3) is 5.69 Å². The van der Waals surface area contributed by atoms with Gasteiger partial charge in [-0.1, -0.05) is 18.2 Å². The number of aromatic nitrogens is 3. The number of thiazole rings is 1. The molecule has 144 valence electrons. The molecule has 4 rings (SSSR count). The molecule has 0 bridgehead atoms. The molecule has 1 atom stereocenters. The molecule has 0 aliphatic carbocycles. The number of aromatic carboxylic acids is 1. The molecule has 2 aromatic heterocycles. The molecule has 8 heteroatoms. The monoisotopic (exact) mass is 396 g/mol. The lowest BCUT2D eigenvalue weighted by molar-refractivity contribution is 0.0686. The predicted octanol–water partition coefficient (Wildman–Crippen LogP) is 3.36. The van der Waals surface area contributed by atoms with E-state index in [1.54, 1.807) is 28.4 Å². The first-order chi connectivity index (χ1) is 13.5. The largest absolute Gasteiger partial charge is 0.476 e. The summed E-state index contributed by atoms with van der Waals surface area (Å²) in [7, 11) is 0. The van der Waals surface area contributed by atoms with Crippen molar-refractivity contribution in [3.8, 4) is 5.69 Å². The second-order valence-electron chi connectivity index (χ2n) is 6.88. The highest BCUT2D eigenvalue weighted by Gasteiger charge is 2.30. The van der Waals surface area contributed by atoms with Gasteiger partial charge in [0.15, 0.2) is 5.69 Å². The first-order valence-electron chi connectivity index (χ1n) is 9.13. The fraction of sp³-hybridized carbons (Fsp3) is 0.300. The zero-order chi connectivity index (χ0) is 19.7. The Morgan fingerprint density at radius 2 is 2.04 bits per heavy atom. The van der Waals surface area contributed by atoms with Crippen LogP contribution < -0.4 is 0 Å². The van der Waals surface area contributed by atoms with Gasteiger partial charge in [-0.2, -0.15) is 5.10 Å². The fourth-order valence-corrected chi connectivity index (χ4v) is 4.41. The van der Waals surface area contributed by atoms with Crippen molar-refractivity contribution < 1.29 is 14.7 Å². The molecule has 28 heavy (non-hydrogen) atoms. The number of aryl methyl sites for hydroxylation is 1. The van der Waals surface area contributed by atoms with Gasteiger partial charge < -0.3 is 10.0 Å². The first kappa shape index (κ1) is 18.4. The van der Waals surface area contributed by atoms with Gasteiger partial charge in [-0.05, 0) is 31.9 Å². The second-order valence-corrected chi connectivity index (χ2v) is 7.77. The van der Waals surface area contributed by atoms with E-state index in [0.717, 1.165) is 23.5 Å². The molecule has 0 spiro atoms. The molecule has 1 aromatic carbocycles. The van der Waals surface area contributed by atoms with E-state index in [1.807, 2.05) is 30.5 Å². The van der Waals surface area contributed by atoms with Gasteiger partial charge in [-0.25, -0.2) is 14.5 Å². The molecular formula is C20H20N4O3S. The van der Waals surface area contributed by atoms with E-state index < -0.39 is 5.97 Å². The number of likely N-dealkylation sites (tertiary alicyclic amines) is 1. The lowest BCUT2D eigenvalue weighted by Gasteiger charge is -2.31. The summed E-state index contributed by atoms with van der Waals surface area (Å²) in [6, 6.07) is 10.5. The van der Waals surface area contributed by atoms with Crippen molar-refractivity contribution in [1.82, 2.24) is 19.7 Å². The maximum Gasteiger partial charge on any atom is 0.356 e. The normalized spacial score (nSPS) is 16.9. The zero-order valence-electron chi connectivity index (χ0n) is 15.4. The van der Waals surface area contributed by atoms with Crippen LogP contribution in [0.5, 0.6) is 0 Å². The number of benzene rings is 1. The van der Waals surface area contributed by atoms with Crippen LogP contribution in [-0.4, -0.2) is 49.7 Å². The SMILES string of the molecule is Cc1csc([C@H]2CCCN(C(=O)c3cc(C(=O)O)nn3-c3ccccc3)C2)n1. The maximum atomic E-state index is 13.3. The Bertz CT molecular complexity index is 1010. The number of rotatable bonds is 4. The van der Waals surface area contributed by atoms with Crippen LogP contribution in [0.15, 0.2) is 41.8 Å². The molecule has 1 saturated heterocycles. The van der Waals surface area contributed by atoms with Crippen molar-refractivity contribution in [2.75, 3.05) is 13.1 Å². The van der Waals surface area contributed by atoms with Crippen molar-refractivity contribution >= 4 is 23.2 Å². The number of nitrogens with zero attached hydrogens (tertiary/aromatic N) is 4. The number of carboxylic acids is 1. The summed E-state index contributed by atoms with van der Waals surface area (Å²) in [5.74, 6) is -1.15. The molecule has 0 unspecified atom stereocenters. The Balaban J connectivity index is 1.64. The molecule has 0 radical (unpaired) electrons. The van der Waals surface area contributed by atoms with E-state index in [1.165, 1.54) is 10.7 Å². The van der Waals surface area contributed by atoms with Crippen LogP contribution in [-0.2, 0) is 0 Å². The third-order valence-electron chi connectivity index (χ3n) is 4.84. The van der Waals surface area contributed by atoms with Crippen molar-refractivity contribution in [3.63, 3.8) is 0 Å². The van der Waals surface area contributed by atoms with Crippen molar-refractivity contribution in [2.45, 2.75) is 25.7 Å². The van der Waals surface area contributed by atoms with Gasteiger partial charge in [0.05, 0.1) is 10.7 Å². The van der Waals surface area contributed by atoms with E-state index in [9.17, 15) is 14.7 Å². The van der Waals surface area contributed by atoms with Gasteiger partial charge in [-0.3, -0.25) is 4.79 Å². The van der Waals surface area contributed by atoms with Crippen LogP contribution in [0.1, 0.15) is 50.4 Å². The molecule has 1 amide bonds. The number of hydrogen-bond acceptors (Lipinski definition) is 5. The van der Waals surface area contributed by atoms with E-state index in [4.69, 9.17) is 0 Å². The number of carbonyl (C=O) groups excluding carboxylic acids is 1. The Morgan fingerprint density at radius 1 is 1.25 bits per heavy atom. The molecule has 1 aliphatic heterocycles. The third-order valence-corrected chi connectivity index (χ3v) is 5.97. The van der Waals surface area contributed by atoms with Gasteiger partial charge in [0.1, 0.15) is 5.69 Å². The number of amides is 1. The third kappa shape index (κ3) is 3.55. The van der Waals surface area contributed by atoms with Crippen molar-refractivity contribution in [1.29, 1.82) is 0 Å². The molecule has 7 nitrogen and oxygen atoms in total. The number of hydrogen-bond donors (Lipinski definition) is 1. The van der Waals surface area contributed by atoms with E-state index >= 15 is 0 Å². The summed E-state index contributed by atoms with van der Waals surface area (Å²) >= 11 is 1.63. The smallest absolute Gasteiger partial charge is 0.356 e. The van der Waals surface area contributed by atoms with Crippen LogP contribution in [0.2, 0.25) is 0 Å². The zero-order valence-corrected chi connectivity index (χ0v) is 16.2. The highest BCUT2D eigenvalue weighted by molar-refractivity contribution is 7.09. The average Bonchev–Trinajstić information content (AvgIpc) is 3.35. The topological polar surface area (TPSA) is 88.3 Å². The summed E-state index contributed by atoms with van der Waals surface area (Å²) in [6.07, 6.45) is 1.88. The Labute approximate surface area is 166 Å². The molecule has 3 heterocycles. The van der Waals surface area contributed by atoms with E-state index in [2.05, 4.69) is 10.1 Å². The van der Waals surface area contributed by atoms with Crippen LogP contribution in [0, 0.1) is 6.92 Å². The van der Waals surface area contributed by atoms with Gasteiger partial charge in [0.2, 0.25) is 0 Å². The minimum absolute atomic E-state index is 0.142. The summed E-state index contributed by atoms with van der Waals surface area (Å²) in [6.45, 7) is 3.19. The standard InChI is InChI=1S/C20H20N4O3S/c1-13-12-28-18(21-13)14-6-5-9-23(11-14)19(25)17-10-16(20(26)27)22-24(17)15-7-3-2-4-8-15/h2-4,7-8,10,12,14H,5-6,9,11H2,1H3,(H,26,27)/t14-/m0/s1. The van der Waals surface area contributed by atoms with Gasteiger partial charge in [-0.15, -0.1) is 11.3 Å². The minimum Gasteiger partial charge on any atom is -0.476 e. The van der Waals surface area contributed by atoms with E-state index in [-0.39, 0.29) is 23.2 Å². The second kappa shape index (κ2) is 7.55. The van der Waals surface area contributed by atoms with Crippen molar-refractivity contribution in [3.05, 3.63) is 63.9 Å². The van der Waals surface area contributed by atoms with Gasteiger partial charge in [0.25, 0.3) is 5.91 Å². The fourth-order valence-electron chi connectivity index (χ4n) is 3.49. The van der Waals surface area contributed by atoms with Crippen LogP contribution in [0.4, 0.5) is 0 Å².